The molecule has 0 bridgehead atoms. The summed E-state index contributed by atoms with van der Waals surface area (Å²) in [5, 5.41) is 8.51. The lowest BCUT2D eigenvalue weighted by molar-refractivity contribution is 0.145. The predicted molar refractivity (Wildman–Crippen MR) is 55.8 cm³/mol. The Morgan fingerprint density at radius 2 is 2.27 bits per heavy atom. The summed E-state index contributed by atoms with van der Waals surface area (Å²) in [7, 11) is 0. The molecule has 2 nitrogen and oxygen atoms in total. The standard InChI is InChI=1S/C9H6BrClF2N2/c10-8-5(4-11)3-7(9(12)13)15-6(8)1-2-14/h3,9H,1,4H2. The van der Waals surface area contributed by atoms with Crippen LogP contribution in [0.1, 0.15) is 23.4 Å². The number of hydrogen-bond acceptors (Lipinski definition) is 2. The highest BCUT2D eigenvalue weighted by Crippen LogP contribution is 2.27. The summed E-state index contributed by atoms with van der Waals surface area (Å²) in [6, 6.07) is 3.10. The van der Waals surface area contributed by atoms with Gasteiger partial charge in [-0.25, -0.2) is 13.8 Å². The molecule has 1 heterocycles. The monoisotopic (exact) mass is 294 g/mol. The van der Waals surface area contributed by atoms with E-state index in [4.69, 9.17) is 16.9 Å². The van der Waals surface area contributed by atoms with E-state index in [9.17, 15) is 8.78 Å². The van der Waals surface area contributed by atoms with Gasteiger partial charge in [0.2, 0.25) is 0 Å². The zero-order valence-electron chi connectivity index (χ0n) is 7.48. The van der Waals surface area contributed by atoms with Gasteiger partial charge in [-0.1, -0.05) is 0 Å². The van der Waals surface area contributed by atoms with Crippen molar-refractivity contribution in [2.24, 2.45) is 0 Å². The van der Waals surface area contributed by atoms with Gasteiger partial charge in [-0.2, -0.15) is 5.26 Å². The van der Waals surface area contributed by atoms with Gasteiger partial charge in [-0.15, -0.1) is 11.6 Å². The van der Waals surface area contributed by atoms with E-state index in [1.165, 1.54) is 6.07 Å². The zero-order valence-corrected chi connectivity index (χ0v) is 9.82. The summed E-state index contributed by atoms with van der Waals surface area (Å²) in [5.41, 5.74) is 0.470. The molecule has 6 heteroatoms. The third-order valence-corrected chi connectivity index (χ3v) is 2.99. The molecule has 1 rings (SSSR count). The molecular weight excluding hydrogens is 289 g/mol. The smallest absolute Gasteiger partial charge is 0.250 e. The first-order chi connectivity index (χ1) is 7.10. The second-order valence-corrected chi connectivity index (χ2v) is 3.80. The molecule has 0 fully saturated rings. The van der Waals surface area contributed by atoms with Crippen molar-refractivity contribution >= 4 is 27.5 Å². The third kappa shape index (κ3) is 2.86. The molecule has 1 aromatic rings. The van der Waals surface area contributed by atoms with Gasteiger partial charge in [-0.05, 0) is 27.6 Å². The number of halogens is 4. The molecule has 0 atom stereocenters. The number of rotatable bonds is 3. The minimum absolute atomic E-state index is 0.0228. The highest BCUT2D eigenvalue weighted by Gasteiger charge is 2.15. The molecule has 0 aliphatic carbocycles. The Balaban J connectivity index is 3.26. The molecule has 0 N–H and O–H groups in total. The molecule has 0 spiro atoms. The SMILES string of the molecule is N#CCc1nc(C(F)F)cc(CCl)c1Br. The Morgan fingerprint density at radius 3 is 2.73 bits per heavy atom. The van der Waals surface area contributed by atoms with Crippen molar-refractivity contribution in [1.82, 2.24) is 4.98 Å². The number of nitriles is 1. The number of hydrogen-bond donors (Lipinski definition) is 0. The van der Waals surface area contributed by atoms with Gasteiger partial charge in [0, 0.05) is 10.4 Å². The largest absolute Gasteiger partial charge is 0.280 e. The number of nitrogens with zero attached hydrogens (tertiary/aromatic N) is 2. The Hall–Kier alpha value is -0.730. The van der Waals surface area contributed by atoms with Crippen LogP contribution in [-0.2, 0) is 12.3 Å². The maximum atomic E-state index is 12.4. The van der Waals surface area contributed by atoms with Gasteiger partial charge < -0.3 is 0 Å². The summed E-state index contributed by atoms with van der Waals surface area (Å²) in [5.74, 6) is 0.0985. The van der Waals surface area contributed by atoms with Crippen LogP contribution in [0.15, 0.2) is 10.5 Å². The molecule has 0 amide bonds. The van der Waals surface area contributed by atoms with E-state index < -0.39 is 6.43 Å². The Labute approximate surface area is 99.0 Å². The molecule has 0 saturated heterocycles. The van der Waals surface area contributed by atoms with E-state index in [2.05, 4.69) is 20.9 Å². The quantitative estimate of drug-likeness (QED) is 0.799. The minimum Gasteiger partial charge on any atom is -0.250 e. The summed E-state index contributed by atoms with van der Waals surface area (Å²) in [4.78, 5) is 3.69. The fraction of sp³-hybridized carbons (Fsp3) is 0.333. The van der Waals surface area contributed by atoms with Crippen molar-refractivity contribution in [2.45, 2.75) is 18.7 Å². The number of alkyl halides is 3. The van der Waals surface area contributed by atoms with Gasteiger partial charge in [0.25, 0.3) is 6.43 Å². The van der Waals surface area contributed by atoms with Gasteiger partial charge in [0.15, 0.2) is 0 Å². The second-order valence-electron chi connectivity index (χ2n) is 2.74. The highest BCUT2D eigenvalue weighted by atomic mass is 79.9. The first-order valence-electron chi connectivity index (χ1n) is 3.99. The Morgan fingerprint density at radius 1 is 1.60 bits per heavy atom. The van der Waals surface area contributed by atoms with E-state index in [1.807, 2.05) is 6.07 Å². The zero-order chi connectivity index (χ0) is 11.4. The fourth-order valence-corrected chi connectivity index (χ4v) is 1.92. The van der Waals surface area contributed by atoms with Crippen LogP contribution in [-0.4, -0.2) is 4.98 Å². The van der Waals surface area contributed by atoms with Gasteiger partial charge in [0.1, 0.15) is 5.69 Å². The van der Waals surface area contributed by atoms with Crippen LogP contribution < -0.4 is 0 Å². The second kappa shape index (κ2) is 5.38. The lowest BCUT2D eigenvalue weighted by Crippen LogP contribution is -2.00. The molecule has 15 heavy (non-hydrogen) atoms. The molecule has 0 unspecified atom stereocenters. The van der Waals surface area contributed by atoms with E-state index in [0.717, 1.165) is 0 Å². The van der Waals surface area contributed by atoms with Crippen molar-refractivity contribution in [3.63, 3.8) is 0 Å². The summed E-state index contributed by atoms with van der Waals surface area (Å²) < 4.78 is 25.4. The molecule has 0 saturated carbocycles. The Bertz CT molecular complexity index is 404. The van der Waals surface area contributed by atoms with E-state index in [-0.39, 0.29) is 18.0 Å². The van der Waals surface area contributed by atoms with Crippen LogP contribution in [0.2, 0.25) is 0 Å². The first-order valence-corrected chi connectivity index (χ1v) is 5.32. The average molecular weight is 296 g/mol. The lowest BCUT2D eigenvalue weighted by atomic mass is 10.2. The molecule has 0 radical (unpaired) electrons. The number of pyridine rings is 1. The van der Waals surface area contributed by atoms with Crippen LogP contribution >= 0.6 is 27.5 Å². The summed E-state index contributed by atoms with van der Waals surface area (Å²) >= 11 is 8.78. The third-order valence-electron chi connectivity index (χ3n) is 1.74. The predicted octanol–water partition coefficient (Wildman–Crippen LogP) is 3.59. The van der Waals surface area contributed by atoms with E-state index >= 15 is 0 Å². The van der Waals surface area contributed by atoms with Crippen molar-refractivity contribution in [1.29, 1.82) is 5.26 Å². The maximum absolute atomic E-state index is 12.4. The summed E-state index contributed by atoms with van der Waals surface area (Å²) in [6.07, 6.45) is -2.68. The van der Waals surface area contributed by atoms with Crippen LogP contribution in [0.25, 0.3) is 0 Å². The molecule has 0 aliphatic heterocycles. The minimum atomic E-state index is -2.66. The van der Waals surface area contributed by atoms with Crippen LogP contribution in [0.3, 0.4) is 0 Å². The summed E-state index contributed by atoms with van der Waals surface area (Å²) in [6.45, 7) is 0. The van der Waals surface area contributed by atoms with Gasteiger partial charge in [0.05, 0.1) is 18.2 Å². The van der Waals surface area contributed by atoms with Crippen molar-refractivity contribution in [3.8, 4) is 6.07 Å². The van der Waals surface area contributed by atoms with Crippen LogP contribution in [0.4, 0.5) is 8.78 Å². The molecule has 80 valence electrons. The fourth-order valence-electron chi connectivity index (χ4n) is 1.07. The highest BCUT2D eigenvalue weighted by molar-refractivity contribution is 9.10. The van der Waals surface area contributed by atoms with E-state index in [1.54, 1.807) is 0 Å². The molecule has 0 aliphatic rings. The van der Waals surface area contributed by atoms with Gasteiger partial charge in [-0.3, -0.25) is 0 Å². The molecule has 0 aromatic carbocycles. The normalized spacial score (nSPS) is 10.4. The molecular formula is C9H6BrClF2N2. The van der Waals surface area contributed by atoms with Gasteiger partial charge >= 0.3 is 0 Å². The van der Waals surface area contributed by atoms with E-state index in [0.29, 0.717) is 15.7 Å². The van der Waals surface area contributed by atoms with Crippen molar-refractivity contribution in [3.05, 3.63) is 27.5 Å². The van der Waals surface area contributed by atoms with Crippen molar-refractivity contribution < 1.29 is 8.78 Å². The van der Waals surface area contributed by atoms with Crippen LogP contribution in [0, 0.1) is 11.3 Å². The lowest BCUT2D eigenvalue weighted by Gasteiger charge is -2.08. The number of aromatic nitrogens is 1. The topological polar surface area (TPSA) is 36.7 Å². The van der Waals surface area contributed by atoms with Crippen molar-refractivity contribution in [2.75, 3.05) is 0 Å². The molecule has 1 aromatic heterocycles. The first kappa shape index (κ1) is 12.3. The average Bonchev–Trinajstić information content (AvgIpc) is 2.21. The van der Waals surface area contributed by atoms with Crippen LogP contribution in [0.5, 0.6) is 0 Å². The Kier molecular flexibility index (Phi) is 4.43. The maximum Gasteiger partial charge on any atom is 0.280 e.